The van der Waals surface area contributed by atoms with E-state index in [1.807, 2.05) is 0 Å². The Morgan fingerprint density at radius 1 is 1.25 bits per heavy atom. The minimum absolute atomic E-state index is 0.0690. The van der Waals surface area contributed by atoms with Crippen LogP contribution in [0.2, 0.25) is 0 Å². The number of halogens is 2. The van der Waals surface area contributed by atoms with Crippen molar-refractivity contribution >= 4 is 21.4 Å². The Bertz CT molecular complexity index is 714. The van der Waals surface area contributed by atoms with Gasteiger partial charge in [-0.1, -0.05) is 6.07 Å². The molecule has 4 nitrogen and oxygen atoms in total. The van der Waals surface area contributed by atoms with Gasteiger partial charge in [-0.25, -0.2) is 21.9 Å². The summed E-state index contributed by atoms with van der Waals surface area (Å²) in [5.74, 6) is -1.51. The molecule has 20 heavy (non-hydrogen) atoms. The molecular weight excluding hydrogens is 306 g/mol. The van der Waals surface area contributed by atoms with Gasteiger partial charge in [0, 0.05) is 29.6 Å². The van der Waals surface area contributed by atoms with Gasteiger partial charge >= 0.3 is 0 Å². The Kier molecular flexibility index (Phi) is 4.48. The van der Waals surface area contributed by atoms with Crippen molar-refractivity contribution in [1.82, 2.24) is 4.72 Å². The number of thiophene rings is 1. The van der Waals surface area contributed by atoms with Crippen molar-refractivity contribution in [3.63, 3.8) is 0 Å². The fourth-order valence-corrected chi connectivity index (χ4v) is 3.97. The van der Waals surface area contributed by atoms with E-state index >= 15 is 0 Å². The second-order valence-corrected chi connectivity index (χ2v) is 6.71. The zero-order chi connectivity index (χ0) is 14.8. The van der Waals surface area contributed by atoms with Crippen molar-refractivity contribution in [1.29, 1.82) is 0 Å². The third kappa shape index (κ3) is 3.21. The summed E-state index contributed by atoms with van der Waals surface area (Å²) < 4.78 is 52.6. The molecular formula is C12H12F2N2O2S2. The molecule has 0 fully saturated rings. The highest BCUT2D eigenvalue weighted by atomic mass is 32.2. The lowest BCUT2D eigenvalue weighted by atomic mass is 10.2. The first kappa shape index (κ1) is 15.0. The number of rotatable bonds is 5. The zero-order valence-electron chi connectivity index (χ0n) is 10.3. The molecule has 2 rings (SSSR count). The molecule has 2 aromatic rings. The number of benzene rings is 1. The fourth-order valence-electron chi connectivity index (χ4n) is 1.63. The molecule has 0 saturated carbocycles. The van der Waals surface area contributed by atoms with Crippen LogP contribution in [0.25, 0.3) is 0 Å². The monoisotopic (exact) mass is 318 g/mol. The molecule has 3 N–H and O–H groups in total. The predicted molar refractivity (Wildman–Crippen MR) is 72.6 cm³/mol. The van der Waals surface area contributed by atoms with E-state index in [9.17, 15) is 17.2 Å². The minimum Gasteiger partial charge on any atom is -0.326 e. The van der Waals surface area contributed by atoms with Crippen molar-refractivity contribution in [3.05, 3.63) is 51.7 Å². The number of hydrogen-bond acceptors (Lipinski definition) is 4. The molecule has 1 aromatic carbocycles. The molecule has 1 aromatic heterocycles. The lowest BCUT2D eigenvalue weighted by Crippen LogP contribution is -2.24. The van der Waals surface area contributed by atoms with Crippen LogP contribution < -0.4 is 10.5 Å². The Hall–Kier alpha value is -1.35. The topological polar surface area (TPSA) is 72.2 Å². The van der Waals surface area contributed by atoms with Crippen molar-refractivity contribution in [2.45, 2.75) is 18.0 Å². The normalized spacial score (nSPS) is 11.8. The molecule has 0 atom stereocenters. The molecule has 0 saturated heterocycles. The number of sulfonamides is 1. The summed E-state index contributed by atoms with van der Waals surface area (Å²) in [6.07, 6.45) is 0. The maximum Gasteiger partial charge on any atom is 0.242 e. The molecule has 1 heterocycles. The van der Waals surface area contributed by atoms with Gasteiger partial charge in [-0.05, 0) is 17.5 Å². The molecule has 0 aliphatic carbocycles. The van der Waals surface area contributed by atoms with E-state index in [0.29, 0.717) is 10.9 Å². The summed E-state index contributed by atoms with van der Waals surface area (Å²) in [5.41, 5.74) is 5.53. The SMILES string of the molecule is NCc1sccc1S(=O)(=O)NCc1ccc(F)cc1F. The first-order valence-electron chi connectivity index (χ1n) is 5.64. The average Bonchev–Trinajstić information content (AvgIpc) is 2.86. The van der Waals surface area contributed by atoms with Crippen LogP contribution >= 0.6 is 11.3 Å². The fraction of sp³-hybridized carbons (Fsp3) is 0.167. The first-order valence-corrected chi connectivity index (χ1v) is 8.00. The summed E-state index contributed by atoms with van der Waals surface area (Å²) in [5, 5.41) is 1.62. The number of hydrogen-bond donors (Lipinski definition) is 2. The summed E-state index contributed by atoms with van der Waals surface area (Å²) in [6.45, 7) is -0.146. The Balaban J connectivity index is 2.17. The first-order chi connectivity index (χ1) is 9.44. The van der Waals surface area contributed by atoms with E-state index in [-0.39, 0.29) is 23.5 Å². The molecule has 8 heteroatoms. The van der Waals surface area contributed by atoms with Crippen LogP contribution in [0.1, 0.15) is 10.4 Å². The molecule has 0 unspecified atom stereocenters. The molecule has 0 aliphatic heterocycles. The Morgan fingerprint density at radius 3 is 2.65 bits per heavy atom. The highest BCUT2D eigenvalue weighted by molar-refractivity contribution is 7.89. The van der Waals surface area contributed by atoms with Gasteiger partial charge in [0.1, 0.15) is 11.6 Å². The molecule has 0 bridgehead atoms. The van der Waals surface area contributed by atoms with Crippen LogP contribution in [0, 0.1) is 11.6 Å². The summed E-state index contributed by atoms with van der Waals surface area (Å²) in [7, 11) is -3.76. The van der Waals surface area contributed by atoms with Crippen LogP contribution in [0.4, 0.5) is 8.78 Å². The van der Waals surface area contributed by atoms with Gasteiger partial charge < -0.3 is 5.73 Å². The van der Waals surface area contributed by atoms with Gasteiger partial charge in [0.2, 0.25) is 10.0 Å². The molecule has 0 aliphatic rings. The summed E-state index contributed by atoms with van der Waals surface area (Å²) in [4.78, 5) is 0.615. The van der Waals surface area contributed by atoms with Gasteiger partial charge in [-0.15, -0.1) is 11.3 Å². The highest BCUT2D eigenvalue weighted by Gasteiger charge is 2.19. The van der Waals surface area contributed by atoms with E-state index < -0.39 is 21.7 Å². The second kappa shape index (κ2) is 5.96. The van der Waals surface area contributed by atoms with Gasteiger partial charge in [0.05, 0.1) is 4.90 Å². The van der Waals surface area contributed by atoms with Crippen LogP contribution in [0.5, 0.6) is 0 Å². The maximum absolute atomic E-state index is 13.4. The quantitative estimate of drug-likeness (QED) is 0.885. The van der Waals surface area contributed by atoms with Gasteiger partial charge in [0.15, 0.2) is 0 Å². The van der Waals surface area contributed by atoms with Gasteiger partial charge in [-0.3, -0.25) is 0 Å². The van der Waals surface area contributed by atoms with Crippen molar-refractivity contribution in [2.24, 2.45) is 5.73 Å². The van der Waals surface area contributed by atoms with E-state index in [1.54, 1.807) is 5.38 Å². The van der Waals surface area contributed by atoms with Crippen molar-refractivity contribution in [2.75, 3.05) is 0 Å². The van der Waals surface area contributed by atoms with Gasteiger partial charge in [0.25, 0.3) is 0 Å². The van der Waals surface area contributed by atoms with E-state index in [4.69, 9.17) is 5.73 Å². The molecule has 0 amide bonds. The van der Waals surface area contributed by atoms with Crippen LogP contribution in [0.15, 0.2) is 34.5 Å². The number of nitrogens with two attached hydrogens (primary N) is 1. The van der Waals surface area contributed by atoms with E-state index in [2.05, 4.69) is 4.72 Å². The van der Waals surface area contributed by atoms with Gasteiger partial charge in [-0.2, -0.15) is 0 Å². The summed E-state index contributed by atoms with van der Waals surface area (Å²) in [6, 6.07) is 4.42. The predicted octanol–water partition coefficient (Wildman–Crippen LogP) is 1.96. The lowest BCUT2D eigenvalue weighted by molar-refractivity contribution is 0.562. The van der Waals surface area contributed by atoms with E-state index in [1.165, 1.54) is 23.5 Å². The highest BCUT2D eigenvalue weighted by Crippen LogP contribution is 2.21. The zero-order valence-corrected chi connectivity index (χ0v) is 11.9. The third-order valence-corrected chi connectivity index (χ3v) is 5.21. The minimum atomic E-state index is -3.76. The maximum atomic E-state index is 13.4. The molecule has 108 valence electrons. The van der Waals surface area contributed by atoms with E-state index in [0.717, 1.165) is 6.07 Å². The van der Waals surface area contributed by atoms with Crippen LogP contribution in [-0.4, -0.2) is 8.42 Å². The molecule has 0 spiro atoms. The third-order valence-electron chi connectivity index (χ3n) is 2.65. The smallest absolute Gasteiger partial charge is 0.242 e. The largest absolute Gasteiger partial charge is 0.326 e. The second-order valence-electron chi connectivity index (χ2n) is 3.97. The Labute approximate surface area is 119 Å². The standard InChI is InChI=1S/C12H12F2N2O2S2/c13-9-2-1-8(10(14)5-9)7-16-20(17,18)12-3-4-19-11(12)6-15/h1-5,16H,6-7,15H2. The Morgan fingerprint density at radius 2 is 2.00 bits per heavy atom. The summed E-state index contributed by atoms with van der Waals surface area (Å²) >= 11 is 1.24. The lowest BCUT2D eigenvalue weighted by Gasteiger charge is -2.08. The average molecular weight is 318 g/mol. The van der Waals surface area contributed by atoms with Crippen LogP contribution in [0.3, 0.4) is 0 Å². The van der Waals surface area contributed by atoms with Crippen LogP contribution in [-0.2, 0) is 23.1 Å². The molecule has 0 radical (unpaired) electrons. The van der Waals surface area contributed by atoms with Crippen molar-refractivity contribution in [3.8, 4) is 0 Å². The van der Waals surface area contributed by atoms with Crippen molar-refractivity contribution < 1.29 is 17.2 Å². The number of nitrogens with one attached hydrogen (secondary N) is 1.